The number of hydrogen-bond donors (Lipinski definition) is 0. The van der Waals surface area contributed by atoms with Gasteiger partial charge >= 0.3 is 0 Å². The number of nitrogens with zero attached hydrogens (tertiary/aromatic N) is 1. The van der Waals surface area contributed by atoms with Gasteiger partial charge in [0.2, 0.25) is 0 Å². The van der Waals surface area contributed by atoms with E-state index in [1.165, 1.54) is 13.0 Å². The fourth-order valence-corrected chi connectivity index (χ4v) is 2.77. The lowest BCUT2D eigenvalue weighted by Gasteiger charge is -2.11. The second kappa shape index (κ2) is 7.57. The van der Waals surface area contributed by atoms with Crippen LogP contribution < -0.4 is 0 Å². The van der Waals surface area contributed by atoms with Gasteiger partial charge in [-0.15, -0.1) is 11.6 Å². The zero-order valence-electron chi connectivity index (χ0n) is 12.5. The molecule has 0 aliphatic carbocycles. The van der Waals surface area contributed by atoms with Crippen molar-refractivity contribution >= 4 is 34.7 Å². The van der Waals surface area contributed by atoms with Gasteiger partial charge in [-0.3, -0.25) is 14.9 Å². The summed E-state index contributed by atoms with van der Waals surface area (Å²) in [4.78, 5) is 21.9. The van der Waals surface area contributed by atoms with Crippen LogP contribution in [-0.2, 0) is 17.6 Å². The summed E-state index contributed by atoms with van der Waals surface area (Å²) in [7, 11) is 0. The molecule has 0 aliphatic rings. The molecule has 1 atom stereocenters. The molecule has 23 heavy (non-hydrogen) atoms. The Morgan fingerprint density at radius 2 is 1.87 bits per heavy atom. The standard InChI is InChI=1S/C17H15Cl2NO3/c1-11(21)8-14-3-2-12(10-17(14)20(22)23)9-16(19)13-4-6-15(18)7-5-13/h2-7,10,16H,8-9H2,1H3. The molecule has 0 radical (unpaired) electrons. The number of rotatable bonds is 6. The second-order valence-corrected chi connectivity index (χ2v) is 6.29. The Hall–Kier alpha value is -1.91. The molecule has 0 aromatic heterocycles. The first-order chi connectivity index (χ1) is 10.9. The molecule has 2 aromatic rings. The van der Waals surface area contributed by atoms with Crippen LogP contribution in [0.25, 0.3) is 0 Å². The molecule has 0 saturated carbocycles. The van der Waals surface area contributed by atoms with E-state index in [4.69, 9.17) is 23.2 Å². The summed E-state index contributed by atoms with van der Waals surface area (Å²) in [5.74, 6) is -0.114. The number of carbonyl (C=O) groups excluding carboxylic acids is 1. The minimum Gasteiger partial charge on any atom is -0.300 e. The van der Waals surface area contributed by atoms with Gasteiger partial charge in [0.1, 0.15) is 5.78 Å². The third-order valence-electron chi connectivity index (χ3n) is 3.43. The van der Waals surface area contributed by atoms with Crippen molar-refractivity contribution in [2.45, 2.75) is 25.1 Å². The monoisotopic (exact) mass is 351 g/mol. The number of hydrogen-bond acceptors (Lipinski definition) is 3. The molecule has 0 saturated heterocycles. The van der Waals surface area contributed by atoms with E-state index >= 15 is 0 Å². The van der Waals surface area contributed by atoms with E-state index in [2.05, 4.69) is 0 Å². The van der Waals surface area contributed by atoms with Crippen molar-refractivity contribution in [3.05, 3.63) is 74.3 Å². The number of carbonyl (C=O) groups is 1. The van der Waals surface area contributed by atoms with Gasteiger partial charge < -0.3 is 0 Å². The van der Waals surface area contributed by atoms with Gasteiger partial charge in [-0.1, -0.05) is 35.9 Å². The zero-order valence-corrected chi connectivity index (χ0v) is 14.0. The summed E-state index contributed by atoms with van der Waals surface area (Å²) < 4.78 is 0. The quantitative estimate of drug-likeness (QED) is 0.422. The fourth-order valence-electron chi connectivity index (χ4n) is 2.32. The minimum absolute atomic E-state index is 0.0438. The van der Waals surface area contributed by atoms with Crippen molar-refractivity contribution in [3.63, 3.8) is 0 Å². The van der Waals surface area contributed by atoms with Crippen molar-refractivity contribution in [1.29, 1.82) is 0 Å². The Morgan fingerprint density at radius 1 is 1.22 bits per heavy atom. The maximum atomic E-state index is 11.2. The minimum atomic E-state index is -0.465. The highest BCUT2D eigenvalue weighted by Crippen LogP contribution is 2.29. The molecule has 0 amide bonds. The number of ketones is 1. The van der Waals surface area contributed by atoms with E-state index in [0.717, 1.165) is 11.1 Å². The molecule has 0 heterocycles. The molecule has 4 nitrogen and oxygen atoms in total. The van der Waals surface area contributed by atoms with Gasteiger partial charge in [-0.2, -0.15) is 0 Å². The van der Waals surface area contributed by atoms with Gasteiger partial charge in [-0.25, -0.2) is 0 Å². The van der Waals surface area contributed by atoms with E-state index in [-0.39, 0.29) is 23.3 Å². The Kier molecular flexibility index (Phi) is 5.74. The zero-order chi connectivity index (χ0) is 17.0. The van der Waals surface area contributed by atoms with Gasteiger partial charge in [0.25, 0.3) is 5.69 Å². The van der Waals surface area contributed by atoms with Crippen LogP contribution in [0.2, 0.25) is 5.02 Å². The Labute approximate surface area is 144 Å². The Bertz CT molecular complexity index is 729. The Morgan fingerprint density at radius 3 is 2.43 bits per heavy atom. The summed E-state index contributed by atoms with van der Waals surface area (Å²) in [6, 6.07) is 12.1. The first-order valence-electron chi connectivity index (χ1n) is 7.02. The maximum Gasteiger partial charge on any atom is 0.273 e. The van der Waals surface area contributed by atoms with Crippen molar-refractivity contribution in [1.82, 2.24) is 0 Å². The van der Waals surface area contributed by atoms with Crippen LogP contribution in [-0.4, -0.2) is 10.7 Å². The van der Waals surface area contributed by atoms with Crippen LogP contribution in [0.3, 0.4) is 0 Å². The number of nitro benzene ring substituents is 1. The molecule has 0 spiro atoms. The average molecular weight is 352 g/mol. The lowest BCUT2D eigenvalue weighted by molar-refractivity contribution is -0.385. The molecule has 1 unspecified atom stereocenters. The van der Waals surface area contributed by atoms with Crippen LogP contribution in [0.5, 0.6) is 0 Å². The first-order valence-corrected chi connectivity index (χ1v) is 7.83. The summed E-state index contributed by atoms with van der Waals surface area (Å²) in [6.07, 6.45) is 0.502. The molecular weight excluding hydrogens is 337 g/mol. The largest absolute Gasteiger partial charge is 0.300 e. The maximum absolute atomic E-state index is 11.2. The number of alkyl halides is 1. The third kappa shape index (κ3) is 4.78. The van der Waals surface area contributed by atoms with Gasteiger partial charge in [0, 0.05) is 23.1 Å². The molecule has 2 aromatic carbocycles. The van der Waals surface area contributed by atoms with E-state index < -0.39 is 4.92 Å². The summed E-state index contributed by atoms with van der Waals surface area (Å²) >= 11 is 12.2. The lowest BCUT2D eigenvalue weighted by Crippen LogP contribution is -2.03. The highest BCUT2D eigenvalue weighted by Gasteiger charge is 2.17. The third-order valence-corrected chi connectivity index (χ3v) is 4.09. The number of Topliss-reactive ketones (excluding diaryl/α,β-unsaturated/α-hetero) is 1. The topological polar surface area (TPSA) is 60.2 Å². The van der Waals surface area contributed by atoms with Crippen molar-refractivity contribution < 1.29 is 9.72 Å². The van der Waals surface area contributed by atoms with Crippen molar-refractivity contribution in [3.8, 4) is 0 Å². The van der Waals surface area contributed by atoms with Crippen molar-refractivity contribution in [2.75, 3.05) is 0 Å². The molecule has 0 bridgehead atoms. The molecule has 0 N–H and O–H groups in total. The summed E-state index contributed by atoms with van der Waals surface area (Å²) in [5.41, 5.74) is 2.02. The normalized spacial score (nSPS) is 12.0. The van der Waals surface area contributed by atoms with Crippen LogP contribution in [0.15, 0.2) is 42.5 Å². The second-order valence-electron chi connectivity index (χ2n) is 5.32. The van der Waals surface area contributed by atoms with Gasteiger partial charge in [-0.05, 0) is 36.6 Å². The van der Waals surface area contributed by atoms with E-state index in [0.29, 0.717) is 17.0 Å². The summed E-state index contributed by atoms with van der Waals surface area (Å²) in [6.45, 7) is 1.41. The molecule has 120 valence electrons. The number of nitro groups is 1. The highest BCUT2D eigenvalue weighted by molar-refractivity contribution is 6.30. The summed E-state index contributed by atoms with van der Waals surface area (Å²) in [5, 5.41) is 11.5. The molecule has 2 rings (SSSR count). The molecule has 6 heteroatoms. The SMILES string of the molecule is CC(=O)Cc1ccc(CC(Cl)c2ccc(Cl)cc2)cc1[N+](=O)[O-]. The van der Waals surface area contributed by atoms with Crippen LogP contribution in [0, 0.1) is 10.1 Å². The van der Waals surface area contributed by atoms with Gasteiger partial charge in [0.15, 0.2) is 0 Å². The average Bonchev–Trinajstić information content (AvgIpc) is 2.48. The van der Waals surface area contributed by atoms with Crippen LogP contribution in [0.1, 0.15) is 29.0 Å². The lowest BCUT2D eigenvalue weighted by atomic mass is 10.00. The highest BCUT2D eigenvalue weighted by atomic mass is 35.5. The van der Waals surface area contributed by atoms with Gasteiger partial charge in [0.05, 0.1) is 10.3 Å². The predicted octanol–water partition coefficient (Wildman–Crippen LogP) is 4.90. The number of benzene rings is 2. The fraction of sp³-hybridized carbons (Fsp3) is 0.235. The Balaban J connectivity index is 2.22. The molecule has 0 aliphatic heterocycles. The molecular formula is C17H15Cl2NO3. The van der Waals surface area contributed by atoms with Crippen molar-refractivity contribution in [2.24, 2.45) is 0 Å². The van der Waals surface area contributed by atoms with E-state index in [9.17, 15) is 14.9 Å². The van der Waals surface area contributed by atoms with E-state index in [1.807, 2.05) is 12.1 Å². The first kappa shape index (κ1) is 17.4. The van der Waals surface area contributed by atoms with Crippen LogP contribution >= 0.6 is 23.2 Å². The smallest absolute Gasteiger partial charge is 0.273 e. The van der Waals surface area contributed by atoms with E-state index in [1.54, 1.807) is 24.3 Å². The van der Waals surface area contributed by atoms with Crippen LogP contribution in [0.4, 0.5) is 5.69 Å². The number of halogens is 2. The molecule has 0 fully saturated rings. The predicted molar refractivity (Wildman–Crippen MR) is 91.2 cm³/mol.